The number of carbonyl (C=O) groups is 1. The predicted octanol–water partition coefficient (Wildman–Crippen LogP) is 4.17. The Balaban J connectivity index is 1.82. The molecule has 0 spiro atoms. The van der Waals surface area contributed by atoms with Gasteiger partial charge in [-0.3, -0.25) is 14.2 Å². The summed E-state index contributed by atoms with van der Waals surface area (Å²) < 4.78 is 1.75. The van der Waals surface area contributed by atoms with Crippen LogP contribution in [0.1, 0.15) is 35.2 Å². The van der Waals surface area contributed by atoms with E-state index in [1.54, 1.807) is 24.3 Å². The van der Waals surface area contributed by atoms with E-state index in [1.807, 2.05) is 18.2 Å². The third-order valence-electron chi connectivity index (χ3n) is 4.83. The molecule has 2 N–H and O–H groups in total. The SMILES string of the molecule is C=CCn1c(=S)[nH]c2cc(C(=O)NC[C@@H](CC)c3ccccc3)ccc2c1=O. The summed E-state index contributed by atoms with van der Waals surface area (Å²) in [7, 11) is 0. The number of amides is 1. The van der Waals surface area contributed by atoms with E-state index in [4.69, 9.17) is 12.2 Å². The maximum atomic E-state index is 12.6. The predicted molar refractivity (Wildman–Crippen MR) is 115 cm³/mol. The molecule has 0 aliphatic carbocycles. The highest BCUT2D eigenvalue weighted by atomic mass is 32.1. The number of nitrogens with one attached hydrogen (secondary N) is 2. The number of hydrogen-bond acceptors (Lipinski definition) is 3. The van der Waals surface area contributed by atoms with Crippen molar-refractivity contribution in [2.24, 2.45) is 0 Å². The van der Waals surface area contributed by atoms with Crippen LogP contribution in [0.2, 0.25) is 0 Å². The van der Waals surface area contributed by atoms with Gasteiger partial charge in [-0.1, -0.05) is 43.3 Å². The Labute approximate surface area is 168 Å². The molecule has 6 heteroatoms. The molecule has 1 atom stereocenters. The number of benzene rings is 2. The van der Waals surface area contributed by atoms with E-state index in [-0.39, 0.29) is 17.4 Å². The molecule has 0 bridgehead atoms. The van der Waals surface area contributed by atoms with Gasteiger partial charge in [0.15, 0.2) is 4.77 Å². The summed E-state index contributed by atoms with van der Waals surface area (Å²) in [6.45, 7) is 6.64. The van der Waals surface area contributed by atoms with Gasteiger partial charge in [0.05, 0.1) is 10.9 Å². The summed E-state index contributed by atoms with van der Waals surface area (Å²) >= 11 is 5.26. The van der Waals surface area contributed by atoms with Gasteiger partial charge in [-0.05, 0) is 42.4 Å². The first-order valence-electron chi connectivity index (χ1n) is 9.26. The van der Waals surface area contributed by atoms with E-state index < -0.39 is 0 Å². The standard InChI is InChI=1S/C22H23N3O2S/c1-3-12-25-21(27)18-11-10-17(13-19(18)24-22(25)28)20(26)23-14-15(4-2)16-8-6-5-7-9-16/h3,5-11,13,15H,1,4,12,14H2,2H3,(H,23,26)(H,24,28)/t15-/m1/s1. The molecule has 1 heterocycles. The van der Waals surface area contributed by atoms with Crippen molar-refractivity contribution in [3.63, 3.8) is 0 Å². The van der Waals surface area contributed by atoms with Crippen LogP contribution in [0.4, 0.5) is 0 Å². The molecule has 0 fully saturated rings. The lowest BCUT2D eigenvalue weighted by atomic mass is 9.96. The van der Waals surface area contributed by atoms with Crippen LogP contribution in [-0.2, 0) is 6.54 Å². The van der Waals surface area contributed by atoms with Crippen molar-refractivity contribution < 1.29 is 4.79 Å². The second kappa shape index (κ2) is 8.80. The molecule has 0 saturated carbocycles. The monoisotopic (exact) mass is 393 g/mol. The first-order chi connectivity index (χ1) is 13.5. The highest BCUT2D eigenvalue weighted by Gasteiger charge is 2.13. The lowest BCUT2D eigenvalue weighted by Crippen LogP contribution is -2.28. The number of aromatic amines is 1. The van der Waals surface area contributed by atoms with E-state index in [0.717, 1.165) is 6.42 Å². The Morgan fingerprint density at radius 3 is 2.71 bits per heavy atom. The number of hydrogen-bond donors (Lipinski definition) is 2. The van der Waals surface area contributed by atoms with Gasteiger partial charge in [0.2, 0.25) is 0 Å². The minimum absolute atomic E-state index is 0.175. The molecule has 2 aromatic carbocycles. The maximum absolute atomic E-state index is 12.6. The average Bonchev–Trinajstić information content (AvgIpc) is 2.71. The summed E-state index contributed by atoms with van der Waals surface area (Å²) in [5.41, 5.74) is 2.05. The van der Waals surface area contributed by atoms with Gasteiger partial charge >= 0.3 is 0 Å². The van der Waals surface area contributed by atoms with Crippen LogP contribution in [0.5, 0.6) is 0 Å². The van der Waals surface area contributed by atoms with Gasteiger partial charge in [0, 0.05) is 24.6 Å². The van der Waals surface area contributed by atoms with E-state index in [0.29, 0.717) is 34.3 Å². The van der Waals surface area contributed by atoms with Crippen molar-refractivity contribution in [2.75, 3.05) is 6.54 Å². The van der Waals surface area contributed by atoms with Gasteiger partial charge < -0.3 is 10.3 Å². The molecule has 5 nitrogen and oxygen atoms in total. The molecule has 144 valence electrons. The summed E-state index contributed by atoms with van der Waals surface area (Å²) in [5, 5.41) is 3.49. The van der Waals surface area contributed by atoms with Gasteiger partial charge in [-0.25, -0.2) is 0 Å². The van der Waals surface area contributed by atoms with Gasteiger partial charge in [-0.15, -0.1) is 6.58 Å². The smallest absolute Gasteiger partial charge is 0.262 e. The number of carbonyl (C=O) groups excluding carboxylic acids is 1. The molecule has 1 aromatic heterocycles. The van der Waals surface area contributed by atoms with Crippen LogP contribution in [0.15, 0.2) is 66.0 Å². The molecule has 3 rings (SSSR count). The van der Waals surface area contributed by atoms with Crippen LogP contribution < -0.4 is 10.9 Å². The minimum Gasteiger partial charge on any atom is -0.351 e. The van der Waals surface area contributed by atoms with Crippen LogP contribution in [0.3, 0.4) is 0 Å². The van der Waals surface area contributed by atoms with Gasteiger partial charge in [-0.2, -0.15) is 0 Å². The fraction of sp³-hybridized carbons (Fsp3) is 0.227. The summed E-state index contributed by atoms with van der Waals surface area (Å²) in [6.07, 6.45) is 2.55. The largest absolute Gasteiger partial charge is 0.351 e. The molecule has 0 aliphatic heterocycles. The van der Waals surface area contributed by atoms with Crippen molar-refractivity contribution in [1.29, 1.82) is 0 Å². The third kappa shape index (κ3) is 4.12. The van der Waals surface area contributed by atoms with Gasteiger partial charge in [0.25, 0.3) is 11.5 Å². The van der Waals surface area contributed by atoms with Crippen LogP contribution in [0, 0.1) is 4.77 Å². The molecular formula is C22H23N3O2S. The quantitative estimate of drug-likeness (QED) is 0.468. The number of fused-ring (bicyclic) bond motifs is 1. The summed E-state index contributed by atoms with van der Waals surface area (Å²) in [6, 6.07) is 15.1. The summed E-state index contributed by atoms with van der Waals surface area (Å²) in [4.78, 5) is 28.2. The molecule has 28 heavy (non-hydrogen) atoms. The van der Waals surface area contributed by atoms with Crippen molar-refractivity contribution >= 4 is 29.0 Å². The Morgan fingerprint density at radius 2 is 2.04 bits per heavy atom. The Kier molecular flexibility index (Phi) is 6.21. The van der Waals surface area contributed by atoms with Crippen LogP contribution in [-0.4, -0.2) is 22.0 Å². The van der Waals surface area contributed by atoms with Crippen LogP contribution >= 0.6 is 12.2 Å². The minimum atomic E-state index is -0.194. The van der Waals surface area contributed by atoms with Crippen molar-refractivity contribution in [3.8, 4) is 0 Å². The zero-order valence-corrected chi connectivity index (χ0v) is 16.6. The number of allylic oxidation sites excluding steroid dienone is 1. The first kappa shape index (κ1) is 19.8. The number of aromatic nitrogens is 2. The fourth-order valence-corrected chi connectivity index (χ4v) is 3.50. The first-order valence-corrected chi connectivity index (χ1v) is 9.67. The van der Waals surface area contributed by atoms with Crippen molar-refractivity contribution in [1.82, 2.24) is 14.9 Å². The molecule has 0 unspecified atom stereocenters. The maximum Gasteiger partial charge on any atom is 0.262 e. The second-order valence-corrected chi connectivity index (χ2v) is 7.01. The topological polar surface area (TPSA) is 66.9 Å². The zero-order chi connectivity index (χ0) is 20.1. The number of nitrogens with zero attached hydrogens (tertiary/aromatic N) is 1. The van der Waals surface area contributed by atoms with Crippen molar-refractivity contribution in [2.45, 2.75) is 25.8 Å². The molecule has 3 aromatic rings. The highest BCUT2D eigenvalue weighted by Crippen LogP contribution is 2.18. The zero-order valence-electron chi connectivity index (χ0n) is 15.8. The Bertz CT molecular complexity index is 1120. The third-order valence-corrected chi connectivity index (χ3v) is 5.15. The van der Waals surface area contributed by atoms with Crippen molar-refractivity contribution in [3.05, 3.63) is 87.4 Å². The van der Waals surface area contributed by atoms with Crippen LogP contribution in [0.25, 0.3) is 10.9 Å². The second-order valence-electron chi connectivity index (χ2n) is 6.62. The number of rotatable bonds is 7. The number of H-pyrrole nitrogens is 1. The fourth-order valence-electron chi connectivity index (χ4n) is 3.23. The van der Waals surface area contributed by atoms with E-state index in [9.17, 15) is 9.59 Å². The molecule has 0 saturated heterocycles. The lowest BCUT2D eigenvalue weighted by molar-refractivity contribution is 0.0951. The molecule has 0 radical (unpaired) electrons. The normalized spacial score (nSPS) is 11.9. The lowest BCUT2D eigenvalue weighted by Gasteiger charge is -2.16. The summed E-state index contributed by atoms with van der Waals surface area (Å²) in [5.74, 6) is 0.0772. The molecular weight excluding hydrogens is 370 g/mol. The Morgan fingerprint density at radius 1 is 1.29 bits per heavy atom. The molecule has 1 amide bonds. The van der Waals surface area contributed by atoms with Gasteiger partial charge in [0.1, 0.15) is 0 Å². The highest BCUT2D eigenvalue weighted by molar-refractivity contribution is 7.71. The van der Waals surface area contributed by atoms with E-state index in [2.05, 4.69) is 35.9 Å². The average molecular weight is 394 g/mol. The van der Waals surface area contributed by atoms with E-state index in [1.165, 1.54) is 10.1 Å². The van der Waals surface area contributed by atoms with E-state index >= 15 is 0 Å². The Hall–Kier alpha value is -2.99. The molecule has 0 aliphatic rings.